The van der Waals surface area contributed by atoms with Gasteiger partial charge >= 0.3 is 0 Å². The molecule has 4 nitrogen and oxygen atoms in total. The Labute approximate surface area is 117 Å². The van der Waals surface area contributed by atoms with Crippen molar-refractivity contribution in [3.8, 4) is 0 Å². The molecule has 4 heteroatoms. The summed E-state index contributed by atoms with van der Waals surface area (Å²) in [5.74, 6) is 0.908. The van der Waals surface area contributed by atoms with E-state index in [0.29, 0.717) is 11.5 Å². The van der Waals surface area contributed by atoms with E-state index in [1.807, 2.05) is 10.9 Å². The highest BCUT2D eigenvalue weighted by Gasteiger charge is 2.31. The lowest BCUT2D eigenvalue weighted by atomic mass is 9.69. The second kappa shape index (κ2) is 6.51. The monoisotopic (exact) mass is 264 g/mol. The van der Waals surface area contributed by atoms with Crippen LogP contribution in [0, 0.1) is 11.3 Å². The minimum Gasteiger partial charge on any atom is -0.312 e. The summed E-state index contributed by atoms with van der Waals surface area (Å²) < 4.78 is 1.89. The van der Waals surface area contributed by atoms with Crippen LogP contribution < -0.4 is 5.32 Å². The highest BCUT2D eigenvalue weighted by atomic mass is 15.4. The van der Waals surface area contributed by atoms with Crippen molar-refractivity contribution in [2.75, 3.05) is 6.54 Å². The molecule has 0 unspecified atom stereocenters. The van der Waals surface area contributed by atoms with Crippen LogP contribution in [0.15, 0.2) is 12.4 Å². The van der Waals surface area contributed by atoms with Crippen LogP contribution in [-0.2, 0) is 6.54 Å². The molecule has 0 atom stereocenters. The van der Waals surface area contributed by atoms with Gasteiger partial charge in [-0.25, -0.2) is 0 Å². The highest BCUT2D eigenvalue weighted by Crippen LogP contribution is 2.40. The summed E-state index contributed by atoms with van der Waals surface area (Å²) in [7, 11) is 0. The van der Waals surface area contributed by atoms with E-state index >= 15 is 0 Å². The molecule has 19 heavy (non-hydrogen) atoms. The summed E-state index contributed by atoms with van der Waals surface area (Å²) in [6.07, 6.45) is 10.4. The van der Waals surface area contributed by atoms with Gasteiger partial charge in [0, 0.05) is 18.8 Å². The molecular formula is C15H28N4. The fourth-order valence-electron chi connectivity index (χ4n) is 3.10. The molecule has 0 saturated heterocycles. The first-order valence-corrected chi connectivity index (χ1v) is 7.69. The van der Waals surface area contributed by atoms with E-state index in [1.165, 1.54) is 32.1 Å². The fourth-order valence-corrected chi connectivity index (χ4v) is 3.10. The second-order valence-electron chi connectivity index (χ2n) is 6.51. The standard InChI is InChI=1S/C15H28N4/c1-4-15(2,3)13-5-7-14(8-6-13)16-9-11-19-12-10-17-18-19/h10,12-14,16H,4-9,11H2,1-3H3. The molecule has 1 aliphatic rings. The Kier molecular flexibility index (Phi) is 4.97. The van der Waals surface area contributed by atoms with Gasteiger partial charge in [0.25, 0.3) is 0 Å². The van der Waals surface area contributed by atoms with E-state index in [0.717, 1.165) is 19.0 Å². The summed E-state index contributed by atoms with van der Waals surface area (Å²) in [6.45, 7) is 9.09. The Bertz CT molecular complexity index is 350. The third-order valence-corrected chi connectivity index (χ3v) is 4.99. The van der Waals surface area contributed by atoms with E-state index in [1.54, 1.807) is 6.20 Å². The lowest BCUT2D eigenvalue weighted by Gasteiger charge is -2.39. The van der Waals surface area contributed by atoms with E-state index in [4.69, 9.17) is 0 Å². The second-order valence-corrected chi connectivity index (χ2v) is 6.51. The maximum Gasteiger partial charge on any atom is 0.0692 e. The van der Waals surface area contributed by atoms with Crippen LogP contribution in [0.3, 0.4) is 0 Å². The predicted molar refractivity (Wildman–Crippen MR) is 77.8 cm³/mol. The topological polar surface area (TPSA) is 42.7 Å². The number of hydrogen-bond donors (Lipinski definition) is 1. The molecule has 1 aromatic rings. The number of hydrogen-bond acceptors (Lipinski definition) is 3. The van der Waals surface area contributed by atoms with E-state index < -0.39 is 0 Å². The molecule has 1 heterocycles. The van der Waals surface area contributed by atoms with E-state index in [-0.39, 0.29) is 0 Å². The minimum atomic E-state index is 0.520. The van der Waals surface area contributed by atoms with Crippen molar-refractivity contribution >= 4 is 0 Å². The Hall–Kier alpha value is -0.900. The fraction of sp³-hybridized carbons (Fsp3) is 0.867. The molecule has 1 saturated carbocycles. The van der Waals surface area contributed by atoms with Crippen LogP contribution in [0.2, 0.25) is 0 Å². The maximum absolute atomic E-state index is 3.98. The average Bonchev–Trinajstić information content (AvgIpc) is 2.92. The predicted octanol–water partition coefficient (Wildman–Crippen LogP) is 2.86. The van der Waals surface area contributed by atoms with Crippen LogP contribution in [-0.4, -0.2) is 27.6 Å². The zero-order chi connectivity index (χ0) is 13.7. The zero-order valence-electron chi connectivity index (χ0n) is 12.6. The number of rotatable bonds is 6. The molecule has 0 radical (unpaired) electrons. The molecule has 0 amide bonds. The quantitative estimate of drug-likeness (QED) is 0.859. The summed E-state index contributed by atoms with van der Waals surface area (Å²) in [4.78, 5) is 0. The van der Waals surface area contributed by atoms with Gasteiger partial charge in [-0.3, -0.25) is 4.68 Å². The Balaban J connectivity index is 1.66. The molecule has 2 rings (SSSR count). The summed E-state index contributed by atoms with van der Waals surface area (Å²) >= 11 is 0. The van der Waals surface area contributed by atoms with Gasteiger partial charge in [-0.15, -0.1) is 5.10 Å². The van der Waals surface area contributed by atoms with Crippen molar-refractivity contribution < 1.29 is 0 Å². The highest BCUT2D eigenvalue weighted by molar-refractivity contribution is 4.84. The van der Waals surface area contributed by atoms with Gasteiger partial charge in [0.1, 0.15) is 0 Å². The number of aromatic nitrogens is 3. The van der Waals surface area contributed by atoms with Crippen molar-refractivity contribution in [2.24, 2.45) is 11.3 Å². The van der Waals surface area contributed by atoms with Crippen LogP contribution >= 0.6 is 0 Å². The van der Waals surface area contributed by atoms with Crippen LogP contribution in [0.1, 0.15) is 52.9 Å². The summed E-state index contributed by atoms with van der Waals surface area (Å²) in [5.41, 5.74) is 0.520. The smallest absolute Gasteiger partial charge is 0.0692 e. The largest absolute Gasteiger partial charge is 0.312 e. The Morgan fingerprint density at radius 2 is 2.00 bits per heavy atom. The van der Waals surface area contributed by atoms with Crippen molar-refractivity contribution in [1.82, 2.24) is 20.3 Å². The molecule has 0 spiro atoms. The van der Waals surface area contributed by atoms with Crippen molar-refractivity contribution in [3.05, 3.63) is 12.4 Å². The van der Waals surface area contributed by atoms with Gasteiger partial charge < -0.3 is 5.32 Å². The molecule has 0 aliphatic heterocycles. The SMILES string of the molecule is CCC(C)(C)C1CCC(NCCn2ccnn2)CC1. The van der Waals surface area contributed by atoms with Gasteiger partial charge in [0.15, 0.2) is 0 Å². The van der Waals surface area contributed by atoms with E-state index in [2.05, 4.69) is 36.4 Å². The first-order chi connectivity index (χ1) is 9.12. The zero-order valence-corrected chi connectivity index (χ0v) is 12.6. The number of nitrogens with zero attached hydrogens (tertiary/aromatic N) is 3. The molecule has 1 N–H and O–H groups in total. The molecule has 108 valence electrons. The van der Waals surface area contributed by atoms with Crippen molar-refractivity contribution in [3.63, 3.8) is 0 Å². The number of nitrogens with one attached hydrogen (secondary N) is 1. The molecular weight excluding hydrogens is 236 g/mol. The molecule has 1 aliphatic carbocycles. The van der Waals surface area contributed by atoms with Crippen LogP contribution in [0.4, 0.5) is 0 Å². The van der Waals surface area contributed by atoms with Gasteiger partial charge in [-0.2, -0.15) is 0 Å². The molecule has 1 aromatic heterocycles. The van der Waals surface area contributed by atoms with E-state index in [9.17, 15) is 0 Å². The Morgan fingerprint density at radius 3 is 2.58 bits per heavy atom. The van der Waals surface area contributed by atoms with Gasteiger partial charge in [-0.05, 0) is 37.0 Å². The van der Waals surface area contributed by atoms with Crippen LogP contribution in [0.25, 0.3) is 0 Å². The summed E-state index contributed by atoms with van der Waals surface area (Å²) in [6, 6.07) is 0.701. The van der Waals surface area contributed by atoms with Crippen molar-refractivity contribution in [2.45, 2.75) is 65.5 Å². The first-order valence-electron chi connectivity index (χ1n) is 7.69. The third-order valence-electron chi connectivity index (χ3n) is 4.99. The normalized spacial score (nSPS) is 24.6. The maximum atomic E-state index is 3.98. The first kappa shape index (κ1) is 14.5. The van der Waals surface area contributed by atoms with Gasteiger partial charge in [-0.1, -0.05) is 32.4 Å². The Morgan fingerprint density at radius 1 is 1.26 bits per heavy atom. The van der Waals surface area contributed by atoms with Crippen LogP contribution in [0.5, 0.6) is 0 Å². The van der Waals surface area contributed by atoms with Gasteiger partial charge in [0.05, 0.1) is 12.7 Å². The summed E-state index contributed by atoms with van der Waals surface area (Å²) in [5, 5.41) is 11.5. The lowest BCUT2D eigenvalue weighted by Crippen LogP contribution is -2.38. The van der Waals surface area contributed by atoms with Crippen molar-refractivity contribution in [1.29, 1.82) is 0 Å². The molecule has 0 bridgehead atoms. The lowest BCUT2D eigenvalue weighted by molar-refractivity contribution is 0.137. The molecule has 0 aromatic carbocycles. The third kappa shape index (κ3) is 4.03. The van der Waals surface area contributed by atoms with Gasteiger partial charge in [0.2, 0.25) is 0 Å². The molecule has 1 fully saturated rings. The minimum absolute atomic E-state index is 0.520. The average molecular weight is 264 g/mol.